The highest BCUT2D eigenvalue weighted by Gasteiger charge is 2.61. The third-order valence-corrected chi connectivity index (χ3v) is 4.64. The summed E-state index contributed by atoms with van der Waals surface area (Å²) in [6, 6.07) is 10.2. The number of carbonyl (C=O) groups is 3. The molecule has 0 bridgehead atoms. The topological polar surface area (TPSA) is 121 Å². The van der Waals surface area contributed by atoms with Gasteiger partial charge in [-0.15, -0.1) is 0 Å². The first-order chi connectivity index (χ1) is 11.4. The first-order valence-electron chi connectivity index (χ1n) is 7.94. The van der Waals surface area contributed by atoms with Crippen molar-refractivity contribution in [3.8, 4) is 0 Å². The zero-order valence-electron chi connectivity index (χ0n) is 13.4. The summed E-state index contributed by atoms with van der Waals surface area (Å²) in [5, 5.41) is 14.8. The van der Waals surface area contributed by atoms with Crippen molar-refractivity contribution in [1.29, 1.82) is 0 Å². The second kappa shape index (κ2) is 7.44. The Kier molecular flexibility index (Phi) is 5.56. The lowest BCUT2D eigenvalue weighted by molar-refractivity contribution is -0.159. The molecule has 0 aromatic heterocycles. The Hall–Kier alpha value is -2.41. The monoisotopic (exact) mass is 334 g/mol. The second-order valence-corrected chi connectivity index (χ2v) is 6.08. The van der Waals surface area contributed by atoms with E-state index >= 15 is 0 Å². The van der Waals surface area contributed by atoms with Crippen molar-refractivity contribution < 1.29 is 24.6 Å². The van der Waals surface area contributed by atoms with Crippen LogP contribution in [0.5, 0.6) is 0 Å². The van der Waals surface area contributed by atoms with Gasteiger partial charge in [-0.1, -0.05) is 30.3 Å². The molecule has 1 aromatic carbocycles. The zero-order chi connectivity index (χ0) is 17.7. The quantitative estimate of drug-likeness (QED) is 0.699. The van der Waals surface area contributed by atoms with Crippen LogP contribution in [0, 0.1) is 5.92 Å². The van der Waals surface area contributed by atoms with E-state index in [0.29, 0.717) is 18.4 Å². The van der Waals surface area contributed by atoms with Crippen LogP contribution < -0.4 is 5.73 Å². The molecule has 0 radical (unpaired) electrons. The lowest BCUT2D eigenvalue weighted by atomic mass is 9.91. The minimum atomic E-state index is -1.82. The minimum absolute atomic E-state index is 0.305. The van der Waals surface area contributed by atoms with Crippen LogP contribution in [0.1, 0.15) is 24.8 Å². The predicted octanol–water partition coefficient (Wildman–Crippen LogP) is 0.681. The number of hydrogen-bond acceptors (Lipinski definition) is 4. The van der Waals surface area contributed by atoms with Crippen LogP contribution in [-0.2, 0) is 19.8 Å². The van der Waals surface area contributed by atoms with Crippen molar-refractivity contribution in [3.63, 3.8) is 0 Å². The van der Waals surface area contributed by atoms with Crippen LogP contribution in [0.25, 0.3) is 0 Å². The molecule has 1 unspecified atom stereocenters. The molecule has 130 valence electrons. The third kappa shape index (κ3) is 3.56. The number of nitrogens with two attached hydrogens (primary N) is 1. The lowest BCUT2D eigenvalue weighted by Crippen LogP contribution is -2.39. The van der Waals surface area contributed by atoms with Crippen LogP contribution in [0.15, 0.2) is 30.3 Å². The number of benzene rings is 1. The van der Waals surface area contributed by atoms with Crippen molar-refractivity contribution >= 4 is 17.8 Å². The van der Waals surface area contributed by atoms with E-state index in [4.69, 9.17) is 25.5 Å². The first kappa shape index (κ1) is 17.9. The molecule has 1 aliphatic heterocycles. The summed E-state index contributed by atoms with van der Waals surface area (Å²) < 4.78 is 0. The third-order valence-electron chi connectivity index (χ3n) is 4.64. The van der Waals surface area contributed by atoms with Gasteiger partial charge in [0.25, 0.3) is 0 Å². The molecule has 1 heterocycles. The molecule has 1 saturated carbocycles. The van der Waals surface area contributed by atoms with Crippen molar-refractivity contribution in [3.05, 3.63) is 35.9 Å². The van der Waals surface area contributed by atoms with E-state index in [2.05, 4.69) is 12.1 Å². The summed E-state index contributed by atoms with van der Waals surface area (Å²) in [6.07, 6.45) is 3.21. The summed E-state index contributed by atoms with van der Waals surface area (Å²) in [6.45, 7) is 2.45. The molecule has 2 fully saturated rings. The molecular weight excluding hydrogens is 312 g/mol. The molecule has 1 amide bonds. The second-order valence-electron chi connectivity index (χ2n) is 6.08. The highest BCUT2D eigenvalue weighted by molar-refractivity contribution is 6.27. The molecule has 24 heavy (non-hydrogen) atoms. The highest BCUT2D eigenvalue weighted by atomic mass is 16.4. The van der Waals surface area contributed by atoms with Gasteiger partial charge < -0.3 is 20.8 Å². The van der Waals surface area contributed by atoms with Crippen LogP contribution in [0.2, 0.25) is 0 Å². The van der Waals surface area contributed by atoms with Gasteiger partial charge in [-0.25, -0.2) is 9.59 Å². The molecule has 7 nitrogen and oxygen atoms in total. The average Bonchev–Trinajstić information content (AvgIpc) is 3.08. The van der Waals surface area contributed by atoms with Crippen LogP contribution >= 0.6 is 0 Å². The Bertz CT molecular complexity index is 601. The lowest BCUT2D eigenvalue weighted by Gasteiger charge is -2.24. The van der Waals surface area contributed by atoms with E-state index in [-0.39, 0.29) is 5.41 Å². The Labute approximate surface area is 140 Å². The maximum atomic E-state index is 12.8. The Morgan fingerprint density at radius 1 is 1.08 bits per heavy atom. The summed E-state index contributed by atoms with van der Waals surface area (Å²) in [5.41, 5.74) is 6.66. The Morgan fingerprint density at radius 3 is 2.04 bits per heavy atom. The van der Waals surface area contributed by atoms with Crippen molar-refractivity contribution in [2.75, 3.05) is 19.6 Å². The first-order valence-corrected chi connectivity index (χ1v) is 7.94. The number of hydrogen-bond donors (Lipinski definition) is 3. The molecule has 2 atom stereocenters. The SMILES string of the molecule is NCC1C[C@@]1(C(=O)N1CCCC1)c1ccccc1.O=C(O)C(=O)O. The molecule has 1 aliphatic carbocycles. The van der Waals surface area contributed by atoms with Crippen molar-refractivity contribution in [1.82, 2.24) is 4.90 Å². The zero-order valence-corrected chi connectivity index (χ0v) is 13.4. The van der Waals surface area contributed by atoms with Crippen LogP contribution in [0.4, 0.5) is 0 Å². The Balaban J connectivity index is 0.000000301. The van der Waals surface area contributed by atoms with Crippen molar-refractivity contribution in [2.45, 2.75) is 24.7 Å². The van der Waals surface area contributed by atoms with Gasteiger partial charge in [0, 0.05) is 13.1 Å². The summed E-state index contributed by atoms with van der Waals surface area (Å²) in [7, 11) is 0. The van der Waals surface area contributed by atoms with E-state index in [0.717, 1.165) is 37.9 Å². The molecule has 1 aromatic rings. The van der Waals surface area contributed by atoms with E-state index in [1.165, 1.54) is 0 Å². The van der Waals surface area contributed by atoms with E-state index in [1.807, 2.05) is 23.1 Å². The van der Waals surface area contributed by atoms with Crippen LogP contribution in [0.3, 0.4) is 0 Å². The van der Waals surface area contributed by atoms with Crippen molar-refractivity contribution in [2.24, 2.45) is 11.7 Å². The molecule has 3 rings (SSSR count). The number of amides is 1. The summed E-state index contributed by atoms with van der Waals surface area (Å²) in [4.78, 5) is 33.0. The normalized spacial score (nSPS) is 24.7. The van der Waals surface area contributed by atoms with E-state index in [1.54, 1.807) is 0 Å². The van der Waals surface area contributed by atoms with Gasteiger partial charge in [0.05, 0.1) is 5.41 Å². The smallest absolute Gasteiger partial charge is 0.414 e. The van der Waals surface area contributed by atoms with Gasteiger partial charge in [-0.05, 0) is 37.3 Å². The maximum Gasteiger partial charge on any atom is 0.414 e. The van der Waals surface area contributed by atoms with Gasteiger partial charge >= 0.3 is 11.9 Å². The van der Waals surface area contributed by atoms with Gasteiger partial charge in [0.2, 0.25) is 5.91 Å². The largest absolute Gasteiger partial charge is 0.473 e. The predicted molar refractivity (Wildman–Crippen MR) is 86.4 cm³/mol. The number of aliphatic carboxylic acids is 2. The molecule has 2 aliphatic rings. The van der Waals surface area contributed by atoms with Crippen LogP contribution in [-0.4, -0.2) is 52.6 Å². The fourth-order valence-electron chi connectivity index (χ4n) is 3.29. The fraction of sp³-hybridized carbons (Fsp3) is 0.471. The van der Waals surface area contributed by atoms with E-state index in [9.17, 15) is 4.79 Å². The Morgan fingerprint density at radius 2 is 1.62 bits per heavy atom. The number of carboxylic acids is 2. The summed E-state index contributed by atoms with van der Waals surface area (Å²) in [5.74, 6) is -3.01. The molecule has 1 saturated heterocycles. The number of likely N-dealkylation sites (tertiary alicyclic amines) is 1. The molecule has 4 N–H and O–H groups in total. The maximum absolute atomic E-state index is 12.8. The van der Waals surface area contributed by atoms with Gasteiger partial charge in [-0.3, -0.25) is 4.79 Å². The number of nitrogens with zero attached hydrogens (tertiary/aromatic N) is 1. The number of rotatable bonds is 3. The highest BCUT2D eigenvalue weighted by Crippen LogP contribution is 2.55. The van der Waals surface area contributed by atoms with Gasteiger partial charge in [-0.2, -0.15) is 0 Å². The molecular formula is C17H22N2O5. The summed E-state index contributed by atoms with van der Waals surface area (Å²) >= 11 is 0. The minimum Gasteiger partial charge on any atom is -0.473 e. The standard InChI is InChI=1S/C15H20N2O.C2H2O4/c16-11-13-10-15(13,12-6-2-1-3-7-12)14(18)17-8-4-5-9-17;3-1(4)2(5)6/h1-3,6-7,13H,4-5,8-11,16H2;(H,3,4)(H,5,6)/t13?,15-;/m1./s1. The number of carbonyl (C=O) groups excluding carboxylic acids is 1. The number of carboxylic acid groups (broad SMARTS) is 2. The molecule has 7 heteroatoms. The average molecular weight is 334 g/mol. The molecule has 0 spiro atoms. The van der Waals surface area contributed by atoms with Gasteiger partial charge in [0.15, 0.2) is 0 Å². The van der Waals surface area contributed by atoms with E-state index < -0.39 is 11.9 Å². The van der Waals surface area contributed by atoms with Gasteiger partial charge in [0.1, 0.15) is 0 Å². The fourth-order valence-corrected chi connectivity index (χ4v) is 3.29.